The summed E-state index contributed by atoms with van der Waals surface area (Å²) in [6.45, 7) is 10.6. The summed E-state index contributed by atoms with van der Waals surface area (Å²) in [6.07, 6.45) is 0. The van der Waals surface area contributed by atoms with Crippen molar-refractivity contribution in [3.8, 4) is 5.75 Å². The Labute approximate surface area is 127 Å². The average molecular weight is 289 g/mol. The first kappa shape index (κ1) is 14.8. The van der Waals surface area contributed by atoms with E-state index in [-0.39, 0.29) is 6.04 Å². The molecule has 21 heavy (non-hydrogen) atoms. The van der Waals surface area contributed by atoms with E-state index in [1.165, 1.54) is 16.7 Å². The number of fused-ring (bicyclic) bond motifs is 1. The molecule has 2 aliphatic heterocycles. The van der Waals surface area contributed by atoms with Crippen molar-refractivity contribution in [2.75, 3.05) is 46.4 Å². The van der Waals surface area contributed by atoms with Crippen molar-refractivity contribution in [1.82, 2.24) is 9.80 Å². The van der Waals surface area contributed by atoms with Crippen LogP contribution in [0.2, 0.25) is 0 Å². The van der Waals surface area contributed by atoms with Crippen molar-refractivity contribution in [1.29, 1.82) is 0 Å². The van der Waals surface area contributed by atoms with Crippen molar-refractivity contribution in [2.24, 2.45) is 11.7 Å². The van der Waals surface area contributed by atoms with Gasteiger partial charge in [0.15, 0.2) is 0 Å². The zero-order chi connectivity index (χ0) is 15.0. The van der Waals surface area contributed by atoms with Crippen LogP contribution in [0.5, 0.6) is 5.75 Å². The summed E-state index contributed by atoms with van der Waals surface area (Å²) in [7, 11) is 2.19. The van der Waals surface area contributed by atoms with Crippen LogP contribution in [-0.2, 0) is 0 Å². The molecule has 4 heteroatoms. The molecule has 1 fully saturated rings. The lowest BCUT2D eigenvalue weighted by Gasteiger charge is -2.38. The molecule has 2 unspecified atom stereocenters. The predicted octanol–water partition coefficient (Wildman–Crippen LogP) is 1.56. The highest BCUT2D eigenvalue weighted by molar-refractivity contribution is 5.46. The van der Waals surface area contributed by atoms with Crippen LogP contribution in [0.4, 0.5) is 0 Å². The summed E-state index contributed by atoms with van der Waals surface area (Å²) in [5, 5.41) is 0. The van der Waals surface area contributed by atoms with E-state index in [1.54, 1.807) is 0 Å². The molecular weight excluding hydrogens is 262 g/mol. The molecule has 3 rings (SSSR count). The largest absolute Gasteiger partial charge is 0.493 e. The number of aryl methyl sites for hydroxylation is 2. The first-order valence-corrected chi connectivity index (χ1v) is 7.95. The smallest absolute Gasteiger partial charge is 0.127 e. The van der Waals surface area contributed by atoms with Gasteiger partial charge in [0.05, 0.1) is 6.61 Å². The van der Waals surface area contributed by atoms with E-state index in [0.29, 0.717) is 5.92 Å². The summed E-state index contributed by atoms with van der Waals surface area (Å²) in [4.78, 5) is 4.91. The number of hydrogen-bond donors (Lipinski definition) is 1. The van der Waals surface area contributed by atoms with E-state index >= 15 is 0 Å². The number of benzene rings is 1. The molecule has 0 amide bonds. The standard InChI is InChI=1S/C17H27N3O/c1-12-8-13(2)17-15(9-12)16(18)14(11-21-17)10-20-6-4-19(3)5-7-20/h8-9,14,16H,4-7,10-11,18H2,1-3H3. The molecular formula is C17H27N3O. The Morgan fingerprint density at radius 3 is 2.62 bits per heavy atom. The van der Waals surface area contributed by atoms with Crippen molar-refractivity contribution < 1.29 is 4.74 Å². The summed E-state index contributed by atoms with van der Waals surface area (Å²) >= 11 is 0. The predicted molar refractivity (Wildman–Crippen MR) is 85.8 cm³/mol. The first-order chi connectivity index (χ1) is 10.0. The molecule has 2 aliphatic rings. The van der Waals surface area contributed by atoms with Gasteiger partial charge in [-0.3, -0.25) is 0 Å². The van der Waals surface area contributed by atoms with Gasteiger partial charge in [0.25, 0.3) is 0 Å². The molecule has 116 valence electrons. The summed E-state index contributed by atoms with van der Waals surface area (Å²) in [5.74, 6) is 1.41. The number of nitrogens with two attached hydrogens (primary N) is 1. The van der Waals surface area contributed by atoms with Crippen LogP contribution in [0.15, 0.2) is 12.1 Å². The highest BCUT2D eigenvalue weighted by Crippen LogP contribution is 2.37. The van der Waals surface area contributed by atoms with E-state index in [2.05, 4.69) is 42.8 Å². The highest BCUT2D eigenvalue weighted by Gasteiger charge is 2.31. The Morgan fingerprint density at radius 2 is 1.90 bits per heavy atom. The minimum absolute atomic E-state index is 0.0898. The van der Waals surface area contributed by atoms with Crippen LogP contribution < -0.4 is 10.5 Å². The number of nitrogens with zero attached hydrogens (tertiary/aromatic N) is 2. The molecule has 0 aromatic heterocycles. The van der Waals surface area contributed by atoms with Crippen LogP contribution in [0.1, 0.15) is 22.7 Å². The maximum Gasteiger partial charge on any atom is 0.127 e. The second-order valence-electron chi connectivity index (χ2n) is 6.70. The van der Waals surface area contributed by atoms with E-state index < -0.39 is 0 Å². The fourth-order valence-electron chi connectivity index (χ4n) is 3.51. The van der Waals surface area contributed by atoms with Crippen molar-refractivity contribution >= 4 is 0 Å². The van der Waals surface area contributed by atoms with Gasteiger partial charge in [0, 0.05) is 50.2 Å². The second-order valence-corrected chi connectivity index (χ2v) is 6.70. The Morgan fingerprint density at radius 1 is 1.19 bits per heavy atom. The van der Waals surface area contributed by atoms with Gasteiger partial charge in [-0.2, -0.15) is 0 Å². The summed E-state index contributed by atoms with van der Waals surface area (Å²) in [6, 6.07) is 4.46. The Bertz CT molecular complexity index is 509. The third-order valence-corrected chi connectivity index (χ3v) is 4.85. The molecule has 0 radical (unpaired) electrons. The van der Waals surface area contributed by atoms with Crippen molar-refractivity contribution in [3.05, 3.63) is 28.8 Å². The Kier molecular flexibility index (Phi) is 4.20. The van der Waals surface area contributed by atoms with Crippen LogP contribution in [0, 0.1) is 19.8 Å². The van der Waals surface area contributed by atoms with Crippen LogP contribution in [-0.4, -0.2) is 56.2 Å². The SMILES string of the molecule is Cc1cc(C)c2c(c1)C(N)C(CN1CCN(C)CC1)CO2. The molecule has 0 bridgehead atoms. The molecule has 2 heterocycles. The minimum atomic E-state index is 0.0898. The van der Waals surface area contributed by atoms with Crippen LogP contribution in [0.3, 0.4) is 0 Å². The molecule has 4 nitrogen and oxygen atoms in total. The fourth-order valence-corrected chi connectivity index (χ4v) is 3.51. The van der Waals surface area contributed by atoms with E-state index in [1.807, 2.05) is 0 Å². The topological polar surface area (TPSA) is 41.7 Å². The number of rotatable bonds is 2. The van der Waals surface area contributed by atoms with E-state index in [4.69, 9.17) is 10.5 Å². The molecule has 1 saturated heterocycles. The van der Waals surface area contributed by atoms with Crippen molar-refractivity contribution in [3.63, 3.8) is 0 Å². The average Bonchev–Trinajstić information content (AvgIpc) is 2.45. The summed E-state index contributed by atoms with van der Waals surface area (Å²) in [5.41, 5.74) is 10.2. The van der Waals surface area contributed by atoms with Gasteiger partial charge in [-0.1, -0.05) is 17.7 Å². The normalized spacial score (nSPS) is 27.2. The second kappa shape index (κ2) is 5.95. The molecule has 2 atom stereocenters. The maximum atomic E-state index is 6.56. The number of likely N-dealkylation sites (N-methyl/N-ethyl adjacent to an activating group) is 1. The van der Waals surface area contributed by atoms with Gasteiger partial charge in [0.1, 0.15) is 5.75 Å². The highest BCUT2D eigenvalue weighted by atomic mass is 16.5. The van der Waals surface area contributed by atoms with E-state index in [0.717, 1.165) is 45.1 Å². The molecule has 2 N–H and O–H groups in total. The lowest BCUT2D eigenvalue weighted by Crippen LogP contribution is -2.48. The first-order valence-electron chi connectivity index (χ1n) is 7.95. The van der Waals surface area contributed by atoms with Gasteiger partial charge >= 0.3 is 0 Å². The quantitative estimate of drug-likeness (QED) is 0.897. The number of ether oxygens (including phenoxy) is 1. The van der Waals surface area contributed by atoms with Gasteiger partial charge < -0.3 is 20.3 Å². The molecule has 0 aliphatic carbocycles. The fraction of sp³-hybridized carbons (Fsp3) is 0.647. The Balaban J connectivity index is 1.72. The number of piperazine rings is 1. The third-order valence-electron chi connectivity index (χ3n) is 4.85. The third kappa shape index (κ3) is 3.07. The van der Waals surface area contributed by atoms with Gasteiger partial charge in [-0.15, -0.1) is 0 Å². The molecule has 0 spiro atoms. The molecule has 1 aromatic carbocycles. The van der Waals surface area contributed by atoms with Crippen LogP contribution >= 0.6 is 0 Å². The Hall–Kier alpha value is -1.10. The zero-order valence-corrected chi connectivity index (χ0v) is 13.4. The molecule has 0 saturated carbocycles. The zero-order valence-electron chi connectivity index (χ0n) is 13.4. The summed E-state index contributed by atoms with van der Waals surface area (Å²) < 4.78 is 6.04. The van der Waals surface area contributed by atoms with Gasteiger partial charge in [0.2, 0.25) is 0 Å². The van der Waals surface area contributed by atoms with Gasteiger partial charge in [-0.25, -0.2) is 0 Å². The maximum absolute atomic E-state index is 6.56. The number of hydrogen-bond acceptors (Lipinski definition) is 4. The van der Waals surface area contributed by atoms with Gasteiger partial charge in [-0.05, 0) is 26.5 Å². The van der Waals surface area contributed by atoms with E-state index in [9.17, 15) is 0 Å². The molecule has 1 aromatic rings. The monoisotopic (exact) mass is 289 g/mol. The lowest BCUT2D eigenvalue weighted by atomic mass is 9.88. The van der Waals surface area contributed by atoms with Crippen molar-refractivity contribution in [2.45, 2.75) is 19.9 Å². The lowest BCUT2D eigenvalue weighted by molar-refractivity contribution is 0.0994. The van der Waals surface area contributed by atoms with Crippen LogP contribution in [0.25, 0.3) is 0 Å². The minimum Gasteiger partial charge on any atom is -0.493 e.